The summed E-state index contributed by atoms with van der Waals surface area (Å²) in [5.74, 6) is -2.33. The van der Waals surface area contributed by atoms with Gasteiger partial charge in [-0.25, -0.2) is 9.80 Å². The molecule has 0 saturated heterocycles. The lowest BCUT2D eigenvalue weighted by Crippen LogP contribution is -2.29. The monoisotopic (exact) mass is 784 g/mol. The molecule has 8 nitrogen and oxygen atoms in total. The molecule has 9 rings (SSSR count). The van der Waals surface area contributed by atoms with E-state index < -0.39 is 35.4 Å². The van der Waals surface area contributed by atoms with Crippen molar-refractivity contribution in [2.75, 3.05) is 21.3 Å². The number of benzene rings is 7. The Morgan fingerprint density at radius 3 is 1.19 bits per heavy atom. The Morgan fingerprint density at radius 1 is 0.390 bits per heavy atom. The number of carbonyl (C=O) groups excluding carboxylic acids is 4. The molecule has 0 fully saturated rings. The van der Waals surface area contributed by atoms with Gasteiger partial charge in [0.05, 0.1) is 39.2 Å². The number of nitrogen functional groups attached to an aromatic ring is 2. The fourth-order valence-corrected chi connectivity index (χ4v) is 7.76. The average molecular weight is 785 g/mol. The molecular formula is C48H31F3N4O4. The Kier molecular flexibility index (Phi) is 8.55. The van der Waals surface area contributed by atoms with Gasteiger partial charge in [-0.3, -0.25) is 19.2 Å². The normalized spacial score (nSPS) is 13.6. The van der Waals surface area contributed by atoms with Crippen LogP contribution in [0.4, 0.5) is 35.9 Å². The first-order valence-corrected chi connectivity index (χ1v) is 18.5. The van der Waals surface area contributed by atoms with Crippen LogP contribution in [0.1, 0.15) is 52.6 Å². The Balaban J connectivity index is 0.968. The maximum atomic E-state index is 14.7. The number of hydrogen-bond acceptors (Lipinski definition) is 6. The van der Waals surface area contributed by atoms with Crippen LogP contribution in [0.5, 0.6) is 0 Å². The van der Waals surface area contributed by atoms with Gasteiger partial charge in [0.15, 0.2) is 0 Å². The lowest BCUT2D eigenvalue weighted by atomic mass is 9.94. The lowest BCUT2D eigenvalue weighted by molar-refractivity contribution is -0.137. The number of rotatable bonds is 6. The Hall–Kier alpha value is -7.79. The minimum atomic E-state index is -4.82. The van der Waals surface area contributed by atoms with Crippen molar-refractivity contribution in [3.8, 4) is 44.5 Å². The van der Waals surface area contributed by atoms with Crippen molar-refractivity contribution in [1.29, 1.82) is 0 Å². The minimum Gasteiger partial charge on any atom is -0.399 e. The van der Waals surface area contributed by atoms with Crippen molar-refractivity contribution in [1.82, 2.24) is 0 Å². The van der Waals surface area contributed by atoms with Crippen LogP contribution < -0.4 is 21.3 Å². The quantitative estimate of drug-likeness (QED) is 0.128. The fourth-order valence-electron chi connectivity index (χ4n) is 7.76. The van der Waals surface area contributed by atoms with Gasteiger partial charge in [-0.1, -0.05) is 72.8 Å². The summed E-state index contributed by atoms with van der Waals surface area (Å²) in [5.41, 5.74) is 18.1. The summed E-state index contributed by atoms with van der Waals surface area (Å²) in [6.45, 7) is 1.82. The summed E-state index contributed by atoms with van der Waals surface area (Å²) in [6.07, 6.45) is -4.82. The molecule has 0 bridgehead atoms. The maximum Gasteiger partial charge on any atom is 0.417 e. The number of imide groups is 2. The average Bonchev–Trinajstić information content (AvgIpc) is 3.63. The molecule has 0 saturated carbocycles. The third-order valence-corrected chi connectivity index (χ3v) is 10.8. The standard InChI is InChI=1S/C48H31F3N4O4/c1-26-22-35(54-44(56)39-18-10-31(23-41(39)46(54)58)27-6-12-33(52)13-7-27)16-20-37(26)29-2-4-30(5-3-29)38-21-17-36(25-43(38)48(49,50)51)55-45(57)40-19-11-32(24-42(40)47(55)59)28-8-14-34(53)15-9-28/h2-25H,52-53H2,1H3. The predicted molar refractivity (Wildman–Crippen MR) is 222 cm³/mol. The SMILES string of the molecule is Cc1cc(N2C(=O)c3ccc(-c4ccc(N)cc4)cc3C2=O)ccc1-c1ccc(-c2ccc(N3C(=O)c4ccc(-c5ccc(N)cc5)cc4C3=O)cc2C(F)(F)F)cc1. The molecule has 288 valence electrons. The zero-order valence-corrected chi connectivity index (χ0v) is 31.2. The van der Waals surface area contributed by atoms with E-state index >= 15 is 0 Å². The molecule has 0 aliphatic carbocycles. The van der Waals surface area contributed by atoms with Crippen molar-refractivity contribution in [3.63, 3.8) is 0 Å². The summed E-state index contributed by atoms with van der Waals surface area (Å²) in [6, 6.07) is 39.1. The summed E-state index contributed by atoms with van der Waals surface area (Å²) >= 11 is 0. The highest BCUT2D eigenvalue weighted by atomic mass is 19.4. The molecule has 0 unspecified atom stereocenters. The van der Waals surface area contributed by atoms with E-state index in [4.69, 9.17) is 11.5 Å². The number of amides is 4. The van der Waals surface area contributed by atoms with Gasteiger partial charge in [0, 0.05) is 11.4 Å². The van der Waals surface area contributed by atoms with Crippen molar-refractivity contribution in [2.45, 2.75) is 13.1 Å². The van der Waals surface area contributed by atoms with Crippen molar-refractivity contribution in [2.24, 2.45) is 0 Å². The Morgan fingerprint density at radius 2 is 0.746 bits per heavy atom. The van der Waals surface area contributed by atoms with Crippen LogP contribution in [-0.2, 0) is 6.18 Å². The van der Waals surface area contributed by atoms with E-state index in [2.05, 4.69) is 0 Å². The topological polar surface area (TPSA) is 127 Å². The summed E-state index contributed by atoms with van der Waals surface area (Å²) < 4.78 is 44.1. The van der Waals surface area contributed by atoms with Gasteiger partial charge in [-0.05, 0) is 130 Å². The zero-order chi connectivity index (χ0) is 41.3. The Bertz CT molecular complexity index is 2920. The zero-order valence-electron chi connectivity index (χ0n) is 31.2. The second-order valence-electron chi connectivity index (χ2n) is 14.5. The number of nitrogens with two attached hydrogens (primary N) is 2. The van der Waals surface area contributed by atoms with E-state index in [1.807, 2.05) is 19.1 Å². The number of nitrogens with zero attached hydrogens (tertiary/aromatic N) is 2. The van der Waals surface area contributed by atoms with E-state index in [1.54, 1.807) is 109 Å². The van der Waals surface area contributed by atoms with E-state index in [1.165, 1.54) is 18.2 Å². The number of anilines is 4. The third kappa shape index (κ3) is 6.29. The highest BCUT2D eigenvalue weighted by Crippen LogP contribution is 2.42. The second kappa shape index (κ2) is 13.7. The first-order valence-electron chi connectivity index (χ1n) is 18.5. The lowest BCUT2D eigenvalue weighted by Gasteiger charge is -2.19. The molecule has 4 N–H and O–H groups in total. The third-order valence-electron chi connectivity index (χ3n) is 10.8. The Labute approximate surface area is 335 Å². The first-order chi connectivity index (χ1) is 28.3. The van der Waals surface area contributed by atoms with Crippen molar-refractivity contribution < 1.29 is 32.3 Å². The van der Waals surface area contributed by atoms with Crippen LogP contribution in [0.3, 0.4) is 0 Å². The molecule has 7 aromatic rings. The summed E-state index contributed by atoms with van der Waals surface area (Å²) in [4.78, 5) is 56.0. The predicted octanol–water partition coefficient (Wildman–Crippen LogP) is 10.4. The van der Waals surface area contributed by atoms with Crippen molar-refractivity contribution >= 4 is 46.4 Å². The van der Waals surface area contributed by atoms with Gasteiger partial charge in [0.25, 0.3) is 23.6 Å². The minimum absolute atomic E-state index is 0.0913. The molecule has 2 heterocycles. The number of aryl methyl sites for hydroxylation is 1. The first kappa shape index (κ1) is 36.8. The molecule has 7 aromatic carbocycles. The summed E-state index contributed by atoms with van der Waals surface area (Å²) in [5, 5.41) is 0. The molecule has 2 aliphatic rings. The smallest absolute Gasteiger partial charge is 0.399 e. The van der Waals surface area contributed by atoms with Gasteiger partial charge in [-0.15, -0.1) is 0 Å². The van der Waals surface area contributed by atoms with Crippen LogP contribution in [-0.4, -0.2) is 23.6 Å². The number of alkyl halides is 3. The van der Waals surface area contributed by atoms with E-state index in [0.717, 1.165) is 43.7 Å². The summed E-state index contributed by atoms with van der Waals surface area (Å²) in [7, 11) is 0. The van der Waals surface area contributed by atoms with E-state index in [0.29, 0.717) is 39.3 Å². The number of halogens is 3. The van der Waals surface area contributed by atoms with E-state index in [-0.39, 0.29) is 27.9 Å². The van der Waals surface area contributed by atoms with Gasteiger partial charge >= 0.3 is 6.18 Å². The number of hydrogen-bond donors (Lipinski definition) is 2. The highest BCUT2D eigenvalue weighted by Gasteiger charge is 2.40. The molecule has 2 aliphatic heterocycles. The van der Waals surface area contributed by atoms with Crippen LogP contribution in [0.15, 0.2) is 146 Å². The van der Waals surface area contributed by atoms with Crippen molar-refractivity contribution in [3.05, 3.63) is 179 Å². The molecule has 0 aromatic heterocycles. The van der Waals surface area contributed by atoms with Crippen LogP contribution in [0.2, 0.25) is 0 Å². The maximum absolute atomic E-state index is 14.7. The fraction of sp³-hybridized carbons (Fsp3) is 0.0417. The molecule has 59 heavy (non-hydrogen) atoms. The van der Waals surface area contributed by atoms with Crippen LogP contribution >= 0.6 is 0 Å². The van der Waals surface area contributed by atoms with Gasteiger partial charge in [0.1, 0.15) is 0 Å². The molecule has 0 atom stereocenters. The molecule has 11 heteroatoms. The number of fused-ring (bicyclic) bond motifs is 2. The van der Waals surface area contributed by atoms with Gasteiger partial charge < -0.3 is 11.5 Å². The van der Waals surface area contributed by atoms with Gasteiger partial charge in [-0.2, -0.15) is 13.2 Å². The number of carbonyl (C=O) groups is 4. The highest BCUT2D eigenvalue weighted by molar-refractivity contribution is 6.35. The molecule has 0 spiro atoms. The van der Waals surface area contributed by atoms with Crippen LogP contribution in [0.25, 0.3) is 44.5 Å². The molecule has 0 radical (unpaired) electrons. The van der Waals surface area contributed by atoms with Gasteiger partial charge in [0.2, 0.25) is 0 Å². The molecular weight excluding hydrogens is 754 g/mol. The second-order valence-corrected chi connectivity index (χ2v) is 14.5. The molecule has 4 amide bonds. The van der Waals surface area contributed by atoms with Crippen LogP contribution in [0, 0.1) is 6.92 Å². The largest absolute Gasteiger partial charge is 0.417 e. The van der Waals surface area contributed by atoms with E-state index in [9.17, 15) is 32.3 Å².